The molecule has 2 N–H and O–H groups in total. The number of phenolic OH excluding ortho intramolecular Hbond substituents is 1. The quantitative estimate of drug-likeness (QED) is 0.297. The van der Waals surface area contributed by atoms with E-state index in [1.54, 1.807) is 42.5 Å². The number of aromatic hydroxyl groups is 1. The lowest BCUT2D eigenvalue weighted by molar-refractivity contribution is 0.0600. The molecule has 7 nitrogen and oxygen atoms in total. The molecule has 168 valence electrons. The lowest BCUT2D eigenvalue weighted by atomic mass is 10.1. The van der Waals surface area contributed by atoms with E-state index < -0.39 is 5.97 Å². The number of halogens is 1. The normalized spacial score (nSPS) is 10.6. The number of nitrogens with zero attached hydrogens (tertiary/aromatic N) is 1. The maximum absolute atomic E-state index is 11.6. The SMILES string of the molecule is COC(=O)c1ccc(Oc2c(-c3ccc(OCc4ccc(Br)cc4)cc3O)n[nH]c2C)cc1. The first-order chi connectivity index (χ1) is 15.9. The van der Waals surface area contributed by atoms with Crippen LogP contribution in [0.25, 0.3) is 11.3 Å². The molecule has 3 aromatic carbocycles. The van der Waals surface area contributed by atoms with Crippen molar-refractivity contribution >= 4 is 21.9 Å². The van der Waals surface area contributed by atoms with Crippen LogP contribution in [-0.4, -0.2) is 28.4 Å². The number of aromatic nitrogens is 2. The van der Waals surface area contributed by atoms with E-state index in [2.05, 4.69) is 26.1 Å². The molecule has 4 aromatic rings. The summed E-state index contributed by atoms with van der Waals surface area (Å²) in [5, 5.41) is 17.9. The largest absolute Gasteiger partial charge is 0.507 e. The van der Waals surface area contributed by atoms with Crippen LogP contribution in [-0.2, 0) is 11.3 Å². The lowest BCUT2D eigenvalue weighted by Crippen LogP contribution is -2.00. The molecular weight excluding hydrogens is 488 g/mol. The Morgan fingerprint density at radius 3 is 2.39 bits per heavy atom. The number of hydrogen-bond acceptors (Lipinski definition) is 6. The zero-order valence-corrected chi connectivity index (χ0v) is 19.5. The van der Waals surface area contributed by atoms with Gasteiger partial charge >= 0.3 is 5.97 Å². The van der Waals surface area contributed by atoms with Gasteiger partial charge < -0.3 is 19.3 Å². The van der Waals surface area contributed by atoms with Crippen molar-refractivity contribution in [2.45, 2.75) is 13.5 Å². The topological polar surface area (TPSA) is 93.7 Å². The molecule has 1 aromatic heterocycles. The highest BCUT2D eigenvalue weighted by Gasteiger charge is 2.18. The molecule has 8 heteroatoms. The van der Waals surface area contributed by atoms with Crippen molar-refractivity contribution in [1.29, 1.82) is 0 Å². The zero-order chi connectivity index (χ0) is 23.4. The van der Waals surface area contributed by atoms with Crippen LogP contribution in [0.3, 0.4) is 0 Å². The van der Waals surface area contributed by atoms with Crippen LogP contribution >= 0.6 is 15.9 Å². The number of phenols is 1. The summed E-state index contributed by atoms with van der Waals surface area (Å²) in [7, 11) is 1.33. The first-order valence-corrected chi connectivity index (χ1v) is 10.9. The van der Waals surface area contributed by atoms with Gasteiger partial charge in [-0.3, -0.25) is 5.10 Å². The standard InChI is InChI=1S/C25H21BrN2O5/c1-15-24(33-19-9-5-17(6-10-19)25(30)31-2)23(28-27-15)21-12-11-20(13-22(21)29)32-14-16-3-7-18(26)8-4-16/h3-13,29H,14H2,1-2H3,(H,27,28). The number of esters is 1. The molecular formula is C25H21BrN2O5. The molecule has 0 atom stereocenters. The van der Waals surface area contributed by atoms with Crippen LogP contribution in [0, 0.1) is 6.92 Å². The fourth-order valence-electron chi connectivity index (χ4n) is 3.17. The summed E-state index contributed by atoms with van der Waals surface area (Å²) >= 11 is 3.41. The molecule has 0 unspecified atom stereocenters. The number of methoxy groups -OCH3 is 1. The minimum Gasteiger partial charge on any atom is -0.507 e. The number of ether oxygens (including phenoxy) is 3. The van der Waals surface area contributed by atoms with Crippen LogP contribution in [0.4, 0.5) is 0 Å². The fraction of sp³-hybridized carbons (Fsp3) is 0.120. The fourth-order valence-corrected chi connectivity index (χ4v) is 3.43. The molecule has 4 rings (SSSR count). The summed E-state index contributed by atoms with van der Waals surface area (Å²) in [6.45, 7) is 2.20. The highest BCUT2D eigenvalue weighted by atomic mass is 79.9. The van der Waals surface area contributed by atoms with Crippen molar-refractivity contribution < 1.29 is 24.1 Å². The molecule has 0 bridgehead atoms. The number of aryl methyl sites for hydroxylation is 1. The maximum Gasteiger partial charge on any atom is 0.337 e. The summed E-state index contributed by atoms with van der Waals surface area (Å²) in [4.78, 5) is 11.6. The van der Waals surface area contributed by atoms with Crippen LogP contribution in [0.15, 0.2) is 71.2 Å². The van der Waals surface area contributed by atoms with Crippen molar-refractivity contribution in [3.8, 4) is 34.3 Å². The number of H-pyrrole nitrogens is 1. The highest BCUT2D eigenvalue weighted by molar-refractivity contribution is 9.10. The molecule has 0 fully saturated rings. The first-order valence-electron chi connectivity index (χ1n) is 10.1. The number of nitrogens with one attached hydrogen (secondary N) is 1. The van der Waals surface area contributed by atoms with Gasteiger partial charge in [0.05, 0.1) is 18.4 Å². The van der Waals surface area contributed by atoms with Crippen LogP contribution < -0.4 is 9.47 Å². The molecule has 0 aliphatic heterocycles. The molecule has 0 spiro atoms. The third-order valence-electron chi connectivity index (χ3n) is 4.93. The Balaban J connectivity index is 1.52. The molecule has 0 saturated heterocycles. The summed E-state index contributed by atoms with van der Waals surface area (Å²) in [6.07, 6.45) is 0. The summed E-state index contributed by atoms with van der Waals surface area (Å²) < 4.78 is 17.5. The van der Waals surface area contributed by atoms with Crippen molar-refractivity contribution in [3.05, 3.63) is 88.0 Å². The molecule has 0 radical (unpaired) electrons. The van der Waals surface area contributed by atoms with Gasteiger partial charge in [0.15, 0.2) is 5.75 Å². The lowest BCUT2D eigenvalue weighted by Gasteiger charge is -2.11. The predicted octanol–water partition coefficient (Wildman–Crippen LogP) is 6.01. The average molecular weight is 509 g/mol. The predicted molar refractivity (Wildman–Crippen MR) is 127 cm³/mol. The van der Waals surface area contributed by atoms with E-state index in [0.29, 0.717) is 46.4 Å². The Hall–Kier alpha value is -3.78. The minimum atomic E-state index is -0.422. The van der Waals surface area contributed by atoms with E-state index in [-0.39, 0.29) is 5.75 Å². The zero-order valence-electron chi connectivity index (χ0n) is 18.0. The Bertz CT molecular complexity index is 1270. The van der Waals surface area contributed by atoms with Gasteiger partial charge in [0, 0.05) is 16.1 Å². The minimum absolute atomic E-state index is 0.0145. The van der Waals surface area contributed by atoms with Gasteiger partial charge in [-0.1, -0.05) is 28.1 Å². The van der Waals surface area contributed by atoms with Gasteiger partial charge in [0.1, 0.15) is 29.5 Å². The second kappa shape index (κ2) is 9.79. The van der Waals surface area contributed by atoms with Crippen molar-refractivity contribution in [3.63, 3.8) is 0 Å². The van der Waals surface area contributed by atoms with Crippen molar-refractivity contribution in [1.82, 2.24) is 10.2 Å². The third-order valence-corrected chi connectivity index (χ3v) is 5.46. The van der Waals surface area contributed by atoms with Crippen LogP contribution in [0.2, 0.25) is 0 Å². The van der Waals surface area contributed by atoms with E-state index in [1.165, 1.54) is 7.11 Å². The smallest absolute Gasteiger partial charge is 0.337 e. The summed E-state index contributed by atoms with van der Waals surface area (Å²) in [6, 6.07) is 19.4. The van der Waals surface area contributed by atoms with Crippen LogP contribution in [0.1, 0.15) is 21.6 Å². The molecule has 1 heterocycles. The molecule has 0 saturated carbocycles. The molecule has 0 aliphatic rings. The number of rotatable bonds is 7. The Morgan fingerprint density at radius 1 is 1.03 bits per heavy atom. The van der Waals surface area contributed by atoms with E-state index >= 15 is 0 Å². The number of carbonyl (C=O) groups is 1. The monoisotopic (exact) mass is 508 g/mol. The number of carbonyl (C=O) groups excluding carboxylic acids is 1. The Labute approximate surface area is 199 Å². The number of benzene rings is 3. The van der Waals surface area contributed by atoms with E-state index in [4.69, 9.17) is 14.2 Å². The van der Waals surface area contributed by atoms with E-state index in [1.807, 2.05) is 31.2 Å². The first kappa shape index (κ1) is 22.4. The van der Waals surface area contributed by atoms with Gasteiger partial charge in [0.2, 0.25) is 0 Å². The van der Waals surface area contributed by atoms with Gasteiger partial charge in [-0.2, -0.15) is 5.10 Å². The number of aromatic amines is 1. The third kappa shape index (κ3) is 5.18. The van der Waals surface area contributed by atoms with Gasteiger partial charge in [-0.15, -0.1) is 0 Å². The van der Waals surface area contributed by atoms with Crippen molar-refractivity contribution in [2.24, 2.45) is 0 Å². The summed E-state index contributed by atoms with van der Waals surface area (Å²) in [5.41, 5.74) is 3.08. The number of hydrogen-bond donors (Lipinski definition) is 2. The maximum atomic E-state index is 11.6. The highest BCUT2D eigenvalue weighted by Crippen LogP contribution is 2.39. The summed E-state index contributed by atoms with van der Waals surface area (Å²) in [5.74, 6) is 1.11. The van der Waals surface area contributed by atoms with Crippen LogP contribution in [0.5, 0.6) is 23.0 Å². The van der Waals surface area contributed by atoms with Gasteiger partial charge in [-0.25, -0.2) is 4.79 Å². The molecule has 0 amide bonds. The Kier molecular flexibility index (Phi) is 6.65. The second-order valence-electron chi connectivity index (χ2n) is 7.24. The van der Waals surface area contributed by atoms with E-state index in [9.17, 15) is 9.90 Å². The van der Waals surface area contributed by atoms with Gasteiger partial charge in [-0.05, 0) is 61.0 Å². The average Bonchev–Trinajstić information content (AvgIpc) is 3.18. The van der Waals surface area contributed by atoms with E-state index in [0.717, 1.165) is 10.0 Å². The molecule has 33 heavy (non-hydrogen) atoms. The van der Waals surface area contributed by atoms with Gasteiger partial charge in [0.25, 0.3) is 0 Å². The van der Waals surface area contributed by atoms with Crippen molar-refractivity contribution in [2.75, 3.05) is 7.11 Å². The second-order valence-corrected chi connectivity index (χ2v) is 8.15. The molecule has 0 aliphatic carbocycles. The Morgan fingerprint density at radius 2 is 1.73 bits per heavy atom.